The molecule has 96 valence electrons. The van der Waals surface area contributed by atoms with Crippen LogP contribution in [0.15, 0.2) is 47.2 Å². The largest absolute Gasteiger partial charge is 0.380 e. The lowest BCUT2D eigenvalue weighted by Gasteiger charge is -2.08. The lowest BCUT2D eigenvalue weighted by atomic mass is 10.2. The second-order valence-electron chi connectivity index (χ2n) is 4.19. The van der Waals surface area contributed by atoms with Gasteiger partial charge in [0.1, 0.15) is 5.65 Å². The Hall–Kier alpha value is -1.52. The van der Waals surface area contributed by atoms with Crippen molar-refractivity contribution in [1.82, 2.24) is 9.97 Å². The minimum Gasteiger partial charge on any atom is -0.380 e. The van der Waals surface area contributed by atoms with E-state index in [0.29, 0.717) is 11.6 Å². The number of aromatic amines is 1. The molecule has 0 aliphatic rings. The van der Waals surface area contributed by atoms with Crippen LogP contribution < -0.4 is 5.32 Å². The summed E-state index contributed by atoms with van der Waals surface area (Å²) >= 11 is 9.50. The van der Waals surface area contributed by atoms with E-state index in [1.807, 2.05) is 30.5 Å². The highest BCUT2D eigenvalue weighted by atomic mass is 79.9. The number of nitrogens with one attached hydrogen (secondary N) is 2. The molecule has 2 N–H and O–H groups in total. The molecule has 0 amide bonds. The van der Waals surface area contributed by atoms with Gasteiger partial charge in [-0.05, 0) is 51.8 Å². The molecule has 1 aromatic carbocycles. The lowest BCUT2D eigenvalue weighted by Crippen LogP contribution is -1.99. The third kappa shape index (κ3) is 2.60. The first kappa shape index (κ1) is 12.5. The number of fused-ring (bicyclic) bond motifs is 1. The highest BCUT2D eigenvalue weighted by Gasteiger charge is 2.05. The molecule has 0 fully saturated rings. The summed E-state index contributed by atoms with van der Waals surface area (Å²) in [7, 11) is 0. The molecule has 0 bridgehead atoms. The van der Waals surface area contributed by atoms with Crippen molar-refractivity contribution in [2.75, 3.05) is 5.32 Å². The first-order valence-corrected chi connectivity index (χ1v) is 7.01. The minimum atomic E-state index is 0.713. The number of hydrogen-bond donors (Lipinski definition) is 2. The fourth-order valence-corrected chi connectivity index (χ4v) is 2.54. The maximum Gasteiger partial charge on any atom is 0.137 e. The maximum atomic E-state index is 6.00. The van der Waals surface area contributed by atoms with E-state index in [4.69, 9.17) is 11.6 Å². The van der Waals surface area contributed by atoms with Crippen molar-refractivity contribution >= 4 is 44.3 Å². The van der Waals surface area contributed by atoms with Gasteiger partial charge < -0.3 is 10.3 Å². The SMILES string of the molecule is Clc1ccc(Br)c(NCc2c[nH]c3ncccc23)c1. The standard InChI is InChI=1S/C14H11BrClN3/c15-12-4-3-10(16)6-13(12)18-7-9-8-19-14-11(9)2-1-5-17-14/h1-6,8,18H,7H2,(H,17,19). The Morgan fingerprint density at radius 3 is 3.11 bits per heavy atom. The number of anilines is 1. The Labute approximate surface area is 124 Å². The zero-order chi connectivity index (χ0) is 13.2. The molecule has 3 nitrogen and oxygen atoms in total. The average Bonchev–Trinajstić information content (AvgIpc) is 2.83. The molecule has 3 rings (SSSR count). The third-order valence-corrected chi connectivity index (χ3v) is 3.86. The first-order chi connectivity index (χ1) is 9.24. The number of nitrogens with zero attached hydrogens (tertiary/aromatic N) is 1. The van der Waals surface area contributed by atoms with Gasteiger partial charge >= 0.3 is 0 Å². The summed E-state index contributed by atoms with van der Waals surface area (Å²) in [6.45, 7) is 0.713. The molecule has 0 unspecified atom stereocenters. The summed E-state index contributed by atoms with van der Waals surface area (Å²) in [5.74, 6) is 0. The predicted molar refractivity (Wildman–Crippen MR) is 82.6 cm³/mol. The zero-order valence-electron chi connectivity index (χ0n) is 9.95. The van der Waals surface area contributed by atoms with Gasteiger partial charge in [-0.25, -0.2) is 4.98 Å². The molecule has 0 saturated heterocycles. The summed E-state index contributed by atoms with van der Waals surface area (Å²) < 4.78 is 0.995. The molecule has 0 spiro atoms. The topological polar surface area (TPSA) is 40.7 Å². The van der Waals surface area contributed by atoms with E-state index in [1.165, 1.54) is 5.56 Å². The van der Waals surface area contributed by atoms with Crippen LogP contribution in [-0.2, 0) is 6.54 Å². The van der Waals surface area contributed by atoms with E-state index in [9.17, 15) is 0 Å². The molecule has 0 saturated carbocycles. The van der Waals surface area contributed by atoms with E-state index in [0.717, 1.165) is 21.2 Å². The number of H-pyrrole nitrogens is 1. The number of rotatable bonds is 3. The van der Waals surface area contributed by atoms with E-state index in [-0.39, 0.29) is 0 Å². The van der Waals surface area contributed by atoms with Crippen molar-refractivity contribution in [2.45, 2.75) is 6.54 Å². The fourth-order valence-electron chi connectivity index (χ4n) is 1.98. The quantitative estimate of drug-likeness (QED) is 0.734. The van der Waals surface area contributed by atoms with Gasteiger partial charge in [0.2, 0.25) is 0 Å². The highest BCUT2D eigenvalue weighted by molar-refractivity contribution is 9.10. The summed E-state index contributed by atoms with van der Waals surface area (Å²) in [6.07, 6.45) is 3.76. The van der Waals surface area contributed by atoms with E-state index in [1.54, 1.807) is 6.20 Å². The van der Waals surface area contributed by atoms with Gasteiger partial charge in [-0.1, -0.05) is 11.6 Å². The molecule has 0 aliphatic carbocycles. The van der Waals surface area contributed by atoms with E-state index >= 15 is 0 Å². The molecule has 3 aromatic rings. The van der Waals surface area contributed by atoms with Crippen molar-refractivity contribution < 1.29 is 0 Å². The van der Waals surface area contributed by atoms with Crippen molar-refractivity contribution in [2.24, 2.45) is 0 Å². The van der Waals surface area contributed by atoms with Crippen LogP contribution in [0.3, 0.4) is 0 Å². The fraction of sp³-hybridized carbons (Fsp3) is 0.0714. The van der Waals surface area contributed by atoms with Crippen LogP contribution in [0.2, 0.25) is 5.02 Å². The van der Waals surface area contributed by atoms with Crippen LogP contribution in [0.25, 0.3) is 11.0 Å². The highest BCUT2D eigenvalue weighted by Crippen LogP contribution is 2.27. The molecule has 0 aliphatic heterocycles. The van der Waals surface area contributed by atoms with E-state index in [2.05, 4.69) is 37.3 Å². The van der Waals surface area contributed by atoms with Crippen molar-refractivity contribution in [3.05, 3.63) is 57.8 Å². The molecule has 19 heavy (non-hydrogen) atoms. The van der Waals surface area contributed by atoms with Crippen molar-refractivity contribution in [3.63, 3.8) is 0 Å². The normalized spacial score (nSPS) is 10.8. The third-order valence-electron chi connectivity index (χ3n) is 2.93. The van der Waals surface area contributed by atoms with Crippen LogP contribution >= 0.6 is 27.5 Å². The van der Waals surface area contributed by atoms with Gasteiger partial charge in [-0.2, -0.15) is 0 Å². The minimum absolute atomic E-state index is 0.713. The summed E-state index contributed by atoms with van der Waals surface area (Å²) in [5, 5.41) is 5.22. The Bertz CT molecular complexity index is 724. The summed E-state index contributed by atoms with van der Waals surface area (Å²) in [4.78, 5) is 7.44. The van der Waals surface area contributed by atoms with Gasteiger partial charge in [-0.15, -0.1) is 0 Å². The Balaban J connectivity index is 1.84. The molecule has 2 aromatic heterocycles. The Morgan fingerprint density at radius 1 is 1.32 bits per heavy atom. The molecule has 5 heteroatoms. The van der Waals surface area contributed by atoms with Crippen molar-refractivity contribution in [1.29, 1.82) is 0 Å². The number of benzene rings is 1. The van der Waals surface area contributed by atoms with Gasteiger partial charge in [0, 0.05) is 33.8 Å². The first-order valence-electron chi connectivity index (χ1n) is 5.84. The molecular formula is C14H11BrClN3. The zero-order valence-corrected chi connectivity index (χ0v) is 12.3. The van der Waals surface area contributed by atoms with Crippen LogP contribution in [0.1, 0.15) is 5.56 Å². The van der Waals surface area contributed by atoms with Crippen LogP contribution in [0.4, 0.5) is 5.69 Å². The molecule has 0 atom stereocenters. The predicted octanol–water partition coefficient (Wildman–Crippen LogP) is 4.59. The number of pyridine rings is 1. The second-order valence-corrected chi connectivity index (χ2v) is 5.48. The molecule has 0 radical (unpaired) electrons. The maximum absolute atomic E-state index is 6.00. The van der Waals surface area contributed by atoms with Crippen LogP contribution in [0, 0.1) is 0 Å². The van der Waals surface area contributed by atoms with Crippen LogP contribution in [0.5, 0.6) is 0 Å². The molecular weight excluding hydrogens is 326 g/mol. The van der Waals surface area contributed by atoms with Crippen LogP contribution in [-0.4, -0.2) is 9.97 Å². The number of aromatic nitrogens is 2. The summed E-state index contributed by atoms with van der Waals surface area (Å²) in [5.41, 5.74) is 3.06. The van der Waals surface area contributed by atoms with Gasteiger partial charge in [0.05, 0.1) is 5.69 Å². The second kappa shape index (κ2) is 5.23. The van der Waals surface area contributed by atoms with Gasteiger partial charge in [0.25, 0.3) is 0 Å². The lowest BCUT2D eigenvalue weighted by molar-refractivity contribution is 1.16. The smallest absolute Gasteiger partial charge is 0.137 e. The van der Waals surface area contributed by atoms with Gasteiger partial charge in [-0.3, -0.25) is 0 Å². The monoisotopic (exact) mass is 335 g/mol. The number of halogens is 2. The van der Waals surface area contributed by atoms with Crippen molar-refractivity contribution in [3.8, 4) is 0 Å². The average molecular weight is 337 g/mol. The summed E-state index contributed by atoms with van der Waals surface area (Å²) in [6, 6.07) is 9.68. The Morgan fingerprint density at radius 2 is 2.21 bits per heavy atom. The Kier molecular flexibility index (Phi) is 3.44. The van der Waals surface area contributed by atoms with Gasteiger partial charge in [0.15, 0.2) is 0 Å². The molecule has 2 heterocycles. The number of hydrogen-bond acceptors (Lipinski definition) is 2. The van der Waals surface area contributed by atoms with E-state index < -0.39 is 0 Å².